The number of rotatable bonds is 6. The van der Waals surface area contributed by atoms with E-state index in [0.29, 0.717) is 11.7 Å². The van der Waals surface area contributed by atoms with E-state index in [-0.39, 0.29) is 5.91 Å². The maximum absolute atomic E-state index is 12.2. The Labute approximate surface area is 168 Å². The van der Waals surface area contributed by atoms with Crippen LogP contribution in [0.1, 0.15) is 13.8 Å². The average molecular weight is 395 g/mol. The molecule has 3 N–H and O–H groups in total. The van der Waals surface area contributed by atoms with Gasteiger partial charge in [0.15, 0.2) is 5.16 Å². The largest absolute Gasteiger partial charge is 0.338 e. The topological polar surface area (TPSA) is 86.9 Å². The van der Waals surface area contributed by atoms with Gasteiger partial charge in [0.25, 0.3) is 0 Å². The van der Waals surface area contributed by atoms with Crippen LogP contribution in [0.4, 0.5) is 4.79 Å². The second kappa shape index (κ2) is 9.23. The first-order chi connectivity index (χ1) is 13.6. The summed E-state index contributed by atoms with van der Waals surface area (Å²) in [6, 6.07) is 19.3. The normalized spacial score (nSPS) is 11.6. The lowest BCUT2D eigenvalue weighted by Crippen LogP contribution is -2.42. The smallest absolute Gasteiger partial charge is 0.321 e. The third-order valence-electron chi connectivity index (χ3n) is 4.02. The number of carbonyl (C=O) groups is 2. The predicted molar refractivity (Wildman–Crippen MR) is 112 cm³/mol. The van der Waals surface area contributed by atoms with Crippen molar-refractivity contribution in [2.75, 3.05) is 6.54 Å². The summed E-state index contributed by atoms with van der Waals surface area (Å²) in [5, 5.41) is 5.02. The van der Waals surface area contributed by atoms with Crippen molar-refractivity contribution < 1.29 is 9.59 Å². The van der Waals surface area contributed by atoms with Gasteiger partial charge in [-0.25, -0.2) is 9.78 Å². The van der Waals surface area contributed by atoms with E-state index in [1.54, 1.807) is 13.8 Å². The Morgan fingerprint density at radius 1 is 1.04 bits per heavy atom. The van der Waals surface area contributed by atoms with Crippen molar-refractivity contribution in [3.63, 3.8) is 0 Å². The number of aromatic amines is 1. The molecule has 3 rings (SSSR count). The number of amides is 3. The lowest BCUT2D eigenvalue weighted by molar-refractivity contribution is -0.119. The molecule has 1 aromatic heterocycles. The van der Waals surface area contributed by atoms with Crippen LogP contribution in [0, 0.1) is 0 Å². The minimum atomic E-state index is -0.491. The van der Waals surface area contributed by atoms with Crippen LogP contribution < -0.4 is 10.6 Å². The molecule has 2 aromatic carbocycles. The van der Waals surface area contributed by atoms with Gasteiger partial charge >= 0.3 is 6.03 Å². The molecular weight excluding hydrogens is 372 g/mol. The van der Waals surface area contributed by atoms with E-state index in [4.69, 9.17) is 4.98 Å². The molecule has 0 aliphatic rings. The van der Waals surface area contributed by atoms with Crippen molar-refractivity contribution in [1.82, 2.24) is 20.6 Å². The number of hydrogen-bond acceptors (Lipinski definition) is 4. The van der Waals surface area contributed by atoms with Crippen molar-refractivity contribution in [3.05, 3.63) is 60.7 Å². The predicted octanol–water partition coefficient (Wildman–Crippen LogP) is 4.07. The first kappa shape index (κ1) is 19.7. The Kier molecular flexibility index (Phi) is 6.49. The minimum absolute atomic E-state index is 0.366. The second-order valence-corrected chi connectivity index (χ2v) is 7.44. The molecule has 3 amide bonds. The molecule has 0 aliphatic carbocycles. The van der Waals surface area contributed by atoms with Gasteiger partial charge in [-0.1, -0.05) is 72.4 Å². The molecular formula is C21H22N4O2S. The van der Waals surface area contributed by atoms with Crippen LogP contribution in [0.5, 0.6) is 0 Å². The molecule has 0 spiro atoms. The van der Waals surface area contributed by atoms with Crippen molar-refractivity contribution >= 4 is 23.7 Å². The lowest BCUT2D eigenvalue weighted by Gasteiger charge is -2.09. The highest BCUT2D eigenvalue weighted by atomic mass is 32.2. The number of urea groups is 1. The first-order valence-electron chi connectivity index (χ1n) is 9.04. The Morgan fingerprint density at radius 2 is 1.64 bits per heavy atom. The molecule has 0 saturated heterocycles. The molecule has 1 heterocycles. The highest BCUT2D eigenvalue weighted by Gasteiger charge is 2.21. The van der Waals surface area contributed by atoms with Gasteiger partial charge in [0.05, 0.1) is 16.6 Å². The molecule has 1 atom stereocenters. The van der Waals surface area contributed by atoms with Gasteiger partial charge in [0.2, 0.25) is 5.91 Å². The summed E-state index contributed by atoms with van der Waals surface area (Å²) < 4.78 is 0. The Balaban J connectivity index is 1.85. The zero-order valence-electron chi connectivity index (χ0n) is 15.7. The van der Waals surface area contributed by atoms with E-state index in [2.05, 4.69) is 15.6 Å². The van der Waals surface area contributed by atoms with Crippen molar-refractivity contribution in [2.24, 2.45) is 0 Å². The number of H-pyrrole nitrogens is 1. The van der Waals surface area contributed by atoms with E-state index in [0.717, 1.165) is 22.5 Å². The van der Waals surface area contributed by atoms with Gasteiger partial charge in [-0.3, -0.25) is 10.1 Å². The van der Waals surface area contributed by atoms with Gasteiger partial charge in [-0.05, 0) is 13.8 Å². The number of imide groups is 1. The molecule has 144 valence electrons. The molecule has 0 fully saturated rings. The highest BCUT2D eigenvalue weighted by molar-refractivity contribution is 8.00. The first-order valence-corrected chi connectivity index (χ1v) is 9.92. The van der Waals surface area contributed by atoms with E-state index in [1.807, 2.05) is 60.7 Å². The number of nitrogens with zero attached hydrogens (tertiary/aromatic N) is 1. The fraction of sp³-hybridized carbons (Fsp3) is 0.190. The van der Waals surface area contributed by atoms with Crippen molar-refractivity contribution in [3.8, 4) is 22.5 Å². The van der Waals surface area contributed by atoms with Crippen LogP contribution in [-0.2, 0) is 4.79 Å². The summed E-state index contributed by atoms with van der Waals surface area (Å²) >= 11 is 1.28. The Morgan fingerprint density at radius 3 is 2.25 bits per heavy atom. The SMILES string of the molecule is CCNC(=O)NC(=O)C(C)Sc1nc(-c2ccccc2)c(-c2ccccc2)[nH]1. The standard InChI is InChI=1S/C21H22N4O2S/c1-3-22-20(27)25-19(26)14(2)28-21-23-17(15-10-6-4-7-11-15)18(24-21)16-12-8-5-9-13-16/h4-14H,3H2,1-2H3,(H,23,24)(H2,22,25,26,27). The van der Waals surface area contributed by atoms with Gasteiger partial charge in [0.1, 0.15) is 0 Å². The monoisotopic (exact) mass is 394 g/mol. The van der Waals surface area contributed by atoms with Crippen molar-refractivity contribution in [2.45, 2.75) is 24.3 Å². The maximum Gasteiger partial charge on any atom is 0.321 e. The van der Waals surface area contributed by atoms with Crippen molar-refractivity contribution in [1.29, 1.82) is 0 Å². The van der Waals surface area contributed by atoms with Gasteiger partial charge in [-0.15, -0.1) is 0 Å². The molecule has 0 saturated carbocycles. The summed E-state index contributed by atoms with van der Waals surface area (Å²) in [7, 11) is 0. The number of thioether (sulfide) groups is 1. The highest BCUT2D eigenvalue weighted by Crippen LogP contribution is 2.33. The zero-order chi connectivity index (χ0) is 19.9. The van der Waals surface area contributed by atoms with Crippen LogP contribution in [0.2, 0.25) is 0 Å². The fourth-order valence-electron chi connectivity index (χ4n) is 2.67. The lowest BCUT2D eigenvalue weighted by atomic mass is 10.1. The molecule has 0 aliphatic heterocycles. The van der Waals surface area contributed by atoms with Crippen LogP contribution in [0.25, 0.3) is 22.5 Å². The number of nitrogens with one attached hydrogen (secondary N) is 3. The number of carbonyl (C=O) groups excluding carboxylic acids is 2. The number of aromatic nitrogens is 2. The molecule has 7 heteroatoms. The number of benzene rings is 2. The maximum atomic E-state index is 12.2. The van der Waals surface area contributed by atoms with Crippen LogP contribution in [-0.4, -0.2) is 33.7 Å². The summed E-state index contributed by atoms with van der Waals surface area (Å²) in [5.74, 6) is -0.366. The average Bonchev–Trinajstić information content (AvgIpc) is 3.13. The van der Waals surface area contributed by atoms with Crippen LogP contribution >= 0.6 is 11.8 Å². The van der Waals surface area contributed by atoms with E-state index >= 15 is 0 Å². The summed E-state index contributed by atoms with van der Waals surface area (Å²) in [4.78, 5) is 31.8. The second-order valence-electron chi connectivity index (χ2n) is 6.11. The molecule has 3 aromatic rings. The Hall–Kier alpha value is -3.06. The molecule has 1 unspecified atom stereocenters. The number of imidazole rings is 1. The summed E-state index contributed by atoms with van der Waals surface area (Å²) in [5.41, 5.74) is 3.72. The molecule has 0 bridgehead atoms. The zero-order valence-corrected chi connectivity index (χ0v) is 16.5. The van der Waals surface area contributed by atoms with Crippen LogP contribution in [0.15, 0.2) is 65.8 Å². The number of hydrogen-bond donors (Lipinski definition) is 3. The molecule has 6 nitrogen and oxygen atoms in total. The Bertz CT molecular complexity index is 885. The van der Waals surface area contributed by atoms with E-state index in [1.165, 1.54) is 11.8 Å². The molecule has 0 radical (unpaired) electrons. The third kappa shape index (κ3) is 4.80. The van der Waals surface area contributed by atoms with Gasteiger partial charge in [-0.2, -0.15) is 0 Å². The van der Waals surface area contributed by atoms with Gasteiger partial charge < -0.3 is 10.3 Å². The fourth-order valence-corrected chi connectivity index (χ4v) is 3.47. The van der Waals surface area contributed by atoms with E-state index < -0.39 is 11.3 Å². The quantitative estimate of drug-likeness (QED) is 0.550. The minimum Gasteiger partial charge on any atom is -0.338 e. The van der Waals surface area contributed by atoms with Gasteiger partial charge in [0, 0.05) is 17.7 Å². The van der Waals surface area contributed by atoms with Crippen LogP contribution in [0.3, 0.4) is 0 Å². The molecule has 28 heavy (non-hydrogen) atoms. The summed E-state index contributed by atoms with van der Waals surface area (Å²) in [6.45, 7) is 3.99. The van der Waals surface area contributed by atoms with E-state index in [9.17, 15) is 9.59 Å². The summed E-state index contributed by atoms with van der Waals surface area (Å²) in [6.07, 6.45) is 0. The third-order valence-corrected chi connectivity index (χ3v) is 5.01.